The Morgan fingerprint density at radius 1 is 1.40 bits per heavy atom. The van der Waals surface area contributed by atoms with Crippen molar-refractivity contribution < 1.29 is 4.39 Å². The van der Waals surface area contributed by atoms with Crippen LogP contribution in [0.4, 0.5) is 4.39 Å². The quantitative estimate of drug-likeness (QED) is 0.850. The Kier molecular flexibility index (Phi) is 5.52. The molecule has 1 N–H and O–H groups in total. The average molecular weight is 358 g/mol. The fraction of sp³-hybridized carbons (Fsp3) is 0.267. The Morgan fingerprint density at radius 3 is 2.90 bits per heavy atom. The van der Waals surface area contributed by atoms with Gasteiger partial charge in [-0.3, -0.25) is 4.98 Å². The number of benzene rings is 1. The largest absolute Gasteiger partial charge is 0.310 e. The zero-order valence-electron chi connectivity index (χ0n) is 11.0. The molecule has 0 radical (unpaired) electrons. The third kappa shape index (κ3) is 3.78. The van der Waals surface area contributed by atoms with E-state index in [-0.39, 0.29) is 11.9 Å². The molecule has 1 atom stereocenters. The van der Waals surface area contributed by atoms with Crippen LogP contribution >= 0.6 is 27.5 Å². The number of hydrogen-bond acceptors (Lipinski definition) is 2. The molecule has 0 aliphatic rings. The van der Waals surface area contributed by atoms with E-state index >= 15 is 0 Å². The lowest BCUT2D eigenvalue weighted by molar-refractivity contribution is 0.509. The van der Waals surface area contributed by atoms with Gasteiger partial charge in [0.1, 0.15) is 5.82 Å². The van der Waals surface area contributed by atoms with Crippen molar-refractivity contribution in [2.24, 2.45) is 0 Å². The van der Waals surface area contributed by atoms with Crippen LogP contribution in [-0.2, 0) is 6.42 Å². The summed E-state index contributed by atoms with van der Waals surface area (Å²) in [6, 6.07) is 6.71. The number of likely N-dealkylation sites (N-methyl/N-ethyl adjacent to an activating group) is 1. The van der Waals surface area contributed by atoms with Gasteiger partial charge in [0.2, 0.25) is 0 Å². The van der Waals surface area contributed by atoms with Gasteiger partial charge in [0, 0.05) is 28.5 Å². The van der Waals surface area contributed by atoms with Gasteiger partial charge in [-0.25, -0.2) is 4.39 Å². The van der Waals surface area contributed by atoms with E-state index in [9.17, 15) is 4.39 Å². The summed E-state index contributed by atoms with van der Waals surface area (Å²) in [4.78, 5) is 3.97. The second-order valence-corrected chi connectivity index (χ2v) is 5.77. The first-order valence-electron chi connectivity index (χ1n) is 6.38. The third-order valence-corrected chi connectivity index (χ3v) is 3.90. The number of hydrogen-bond donors (Lipinski definition) is 1. The minimum Gasteiger partial charge on any atom is -0.310 e. The highest BCUT2D eigenvalue weighted by Crippen LogP contribution is 2.26. The van der Waals surface area contributed by atoms with Crippen molar-refractivity contribution in [1.82, 2.24) is 10.3 Å². The molecule has 1 aromatic carbocycles. The van der Waals surface area contributed by atoms with Crippen LogP contribution in [0, 0.1) is 5.82 Å². The highest BCUT2D eigenvalue weighted by atomic mass is 79.9. The van der Waals surface area contributed by atoms with E-state index in [1.54, 1.807) is 24.5 Å². The van der Waals surface area contributed by atoms with Crippen molar-refractivity contribution in [2.45, 2.75) is 19.4 Å². The molecule has 5 heteroatoms. The first-order chi connectivity index (χ1) is 9.61. The van der Waals surface area contributed by atoms with Gasteiger partial charge < -0.3 is 5.32 Å². The minimum atomic E-state index is -0.218. The molecule has 20 heavy (non-hydrogen) atoms. The van der Waals surface area contributed by atoms with E-state index in [0.717, 1.165) is 16.6 Å². The fourth-order valence-electron chi connectivity index (χ4n) is 2.11. The molecule has 2 rings (SSSR count). The number of nitrogens with one attached hydrogen (secondary N) is 1. The summed E-state index contributed by atoms with van der Waals surface area (Å²) in [5.74, 6) is -0.218. The van der Waals surface area contributed by atoms with E-state index in [4.69, 9.17) is 11.6 Å². The molecule has 1 heterocycles. The van der Waals surface area contributed by atoms with Crippen LogP contribution in [0.3, 0.4) is 0 Å². The maximum atomic E-state index is 14.0. The van der Waals surface area contributed by atoms with Crippen LogP contribution in [0.15, 0.2) is 41.1 Å². The summed E-state index contributed by atoms with van der Waals surface area (Å²) in [5, 5.41) is 3.91. The Hall–Kier alpha value is -0.970. The predicted octanol–water partition coefficient (Wildman–Crippen LogP) is 4.53. The van der Waals surface area contributed by atoms with Gasteiger partial charge >= 0.3 is 0 Å². The van der Waals surface area contributed by atoms with E-state index in [1.165, 1.54) is 6.07 Å². The van der Waals surface area contributed by atoms with Crippen molar-refractivity contribution in [3.63, 3.8) is 0 Å². The Labute approximate surface area is 131 Å². The summed E-state index contributed by atoms with van der Waals surface area (Å²) >= 11 is 9.52. The Morgan fingerprint density at radius 2 is 2.20 bits per heavy atom. The first kappa shape index (κ1) is 15.4. The molecule has 1 aromatic heterocycles. The van der Waals surface area contributed by atoms with Gasteiger partial charge in [0.05, 0.1) is 5.02 Å². The molecule has 1 unspecified atom stereocenters. The molecule has 2 nitrogen and oxygen atoms in total. The van der Waals surface area contributed by atoms with Crippen molar-refractivity contribution >= 4 is 27.5 Å². The minimum absolute atomic E-state index is 0.127. The molecular weight excluding hydrogens is 343 g/mol. The lowest BCUT2D eigenvalue weighted by Crippen LogP contribution is -2.24. The number of rotatable bonds is 5. The number of pyridine rings is 1. The van der Waals surface area contributed by atoms with Crippen molar-refractivity contribution in [3.05, 3.63) is 63.1 Å². The molecule has 0 aliphatic heterocycles. The molecule has 0 fully saturated rings. The molecule has 0 saturated heterocycles. The van der Waals surface area contributed by atoms with Crippen LogP contribution in [0.1, 0.15) is 24.1 Å². The van der Waals surface area contributed by atoms with Crippen LogP contribution in [0.5, 0.6) is 0 Å². The predicted molar refractivity (Wildman–Crippen MR) is 83.5 cm³/mol. The van der Waals surface area contributed by atoms with E-state index in [0.29, 0.717) is 17.0 Å². The van der Waals surface area contributed by atoms with Crippen LogP contribution in [0.2, 0.25) is 5.02 Å². The summed E-state index contributed by atoms with van der Waals surface area (Å²) in [5.41, 5.74) is 1.58. The Balaban J connectivity index is 2.32. The Bertz CT molecular complexity index is 592. The van der Waals surface area contributed by atoms with Crippen molar-refractivity contribution in [3.8, 4) is 0 Å². The van der Waals surface area contributed by atoms with Gasteiger partial charge in [-0.2, -0.15) is 0 Å². The number of halogens is 3. The summed E-state index contributed by atoms with van der Waals surface area (Å²) in [6.07, 6.45) is 3.92. The third-order valence-electron chi connectivity index (χ3n) is 3.06. The smallest absolute Gasteiger partial charge is 0.128 e. The van der Waals surface area contributed by atoms with Gasteiger partial charge in [-0.1, -0.05) is 34.5 Å². The molecule has 2 aromatic rings. The molecule has 0 amide bonds. The van der Waals surface area contributed by atoms with E-state index in [2.05, 4.69) is 26.2 Å². The average Bonchev–Trinajstić information content (AvgIpc) is 2.43. The van der Waals surface area contributed by atoms with Crippen molar-refractivity contribution in [2.75, 3.05) is 6.54 Å². The summed E-state index contributed by atoms with van der Waals surface area (Å²) in [7, 11) is 0. The highest BCUT2D eigenvalue weighted by Gasteiger charge is 2.17. The number of aromatic nitrogens is 1. The molecule has 0 aliphatic carbocycles. The molecule has 106 valence electrons. The fourth-order valence-corrected chi connectivity index (χ4v) is 2.68. The summed E-state index contributed by atoms with van der Waals surface area (Å²) < 4.78 is 14.9. The van der Waals surface area contributed by atoms with Crippen LogP contribution in [0.25, 0.3) is 0 Å². The van der Waals surface area contributed by atoms with Gasteiger partial charge in [-0.05, 0) is 42.8 Å². The van der Waals surface area contributed by atoms with Crippen LogP contribution < -0.4 is 5.32 Å². The monoisotopic (exact) mass is 356 g/mol. The SMILES string of the molecule is CCNC(Cc1ccncc1Cl)c1cc(Br)ccc1F. The molecule has 0 bridgehead atoms. The standard InChI is InChI=1S/C15H15BrClFN2/c1-2-20-15(7-10-5-6-19-9-13(10)17)12-8-11(16)3-4-14(12)18/h3-6,8-9,15,20H,2,7H2,1H3. The van der Waals surface area contributed by atoms with E-state index in [1.807, 2.05) is 13.0 Å². The molecule has 0 saturated carbocycles. The van der Waals surface area contributed by atoms with Gasteiger partial charge in [0.25, 0.3) is 0 Å². The normalized spacial score (nSPS) is 12.4. The van der Waals surface area contributed by atoms with Crippen LogP contribution in [-0.4, -0.2) is 11.5 Å². The zero-order chi connectivity index (χ0) is 14.5. The highest BCUT2D eigenvalue weighted by molar-refractivity contribution is 9.10. The lowest BCUT2D eigenvalue weighted by atomic mass is 9.99. The first-order valence-corrected chi connectivity index (χ1v) is 7.55. The molecule has 0 spiro atoms. The number of nitrogens with zero attached hydrogens (tertiary/aromatic N) is 1. The van der Waals surface area contributed by atoms with Gasteiger partial charge in [0.15, 0.2) is 0 Å². The van der Waals surface area contributed by atoms with E-state index < -0.39 is 0 Å². The summed E-state index contributed by atoms with van der Waals surface area (Å²) in [6.45, 7) is 2.75. The van der Waals surface area contributed by atoms with Crippen molar-refractivity contribution in [1.29, 1.82) is 0 Å². The molecular formula is C15H15BrClFN2. The topological polar surface area (TPSA) is 24.9 Å². The van der Waals surface area contributed by atoms with Gasteiger partial charge in [-0.15, -0.1) is 0 Å². The zero-order valence-corrected chi connectivity index (χ0v) is 13.4. The maximum Gasteiger partial charge on any atom is 0.128 e. The lowest BCUT2D eigenvalue weighted by Gasteiger charge is -2.20. The maximum absolute atomic E-state index is 14.0. The second-order valence-electron chi connectivity index (χ2n) is 4.45. The second kappa shape index (κ2) is 7.16.